The molecule has 204 valence electrons. The lowest BCUT2D eigenvalue weighted by atomic mass is 10.0. The average molecular weight is 576 g/mol. The number of halogens is 4. The summed E-state index contributed by atoms with van der Waals surface area (Å²) in [4.78, 5) is 21.0. The van der Waals surface area contributed by atoms with Crippen molar-refractivity contribution in [2.45, 2.75) is 38.7 Å². The summed E-state index contributed by atoms with van der Waals surface area (Å²) in [6, 6.07) is 10.9. The number of nitrogens with one attached hydrogen (secondary N) is 2. The quantitative estimate of drug-likeness (QED) is 0.153. The summed E-state index contributed by atoms with van der Waals surface area (Å²) in [5.74, 6) is -1.57. The summed E-state index contributed by atoms with van der Waals surface area (Å²) >= 11 is 12.1. The number of carbonyl (C=O) groups is 1. The Balaban J connectivity index is 1.43. The monoisotopic (exact) mass is 575 g/mol. The molecule has 4 aromatic rings. The molecule has 2 aromatic carbocycles. The van der Waals surface area contributed by atoms with E-state index in [9.17, 15) is 18.7 Å². The molecular formula is C27H25Cl2F2N5O3. The molecule has 0 saturated heterocycles. The van der Waals surface area contributed by atoms with Gasteiger partial charge in [0.05, 0.1) is 12.2 Å². The van der Waals surface area contributed by atoms with Gasteiger partial charge in [-0.1, -0.05) is 29.3 Å². The van der Waals surface area contributed by atoms with Crippen molar-refractivity contribution in [1.29, 1.82) is 0 Å². The van der Waals surface area contributed by atoms with Crippen LogP contribution in [0.1, 0.15) is 48.7 Å². The van der Waals surface area contributed by atoms with Gasteiger partial charge in [0.2, 0.25) is 5.82 Å². The van der Waals surface area contributed by atoms with Gasteiger partial charge in [-0.15, -0.1) is 5.10 Å². The van der Waals surface area contributed by atoms with E-state index in [1.807, 2.05) is 0 Å². The van der Waals surface area contributed by atoms with Gasteiger partial charge in [-0.05, 0) is 74.2 Å². The maximum atomic E-state index is 14.2. The number of anilines is 1. The Morgan fingerprint density at radius 3 is 2.72 bits per heavy atom. The molecule has 2 heterocycles. The molecule has 0 aliphatic heterocycles. The van der Waals surface area contributed by atoms with Crippen molar-refractivity contribution in [2.75, 3.05) is 11.9 Å². The molecular weight excluding hydrogens is 551 g/mol. The molecule has 0 radical (unpaired) electrons. The maximum absolute atomic E-state index is 14.2. The third-order valence-electron chi connectivity index (χ3n) is 5.66. The summed E-state index contributed by atoms with van der Waals surface area (Å²) in [5, 5.41) is 18.8. The fraction of sp³-hybridized carbons (Fsp3) is 0.259. The van der Waals surface area contributed by atoms with Crippen molar-refractivity contribution >= 4 is 34.9 Å². The van der Waals surface area contributed by atoms with Crippen LogP contribution in [0.3, 0.4) is 0 Å². The summed E-state index contributed by atoms with van der Waals surface area (Å²) in [6.07, 6.45) is 2.73. The summed E-state index contributed by atoms with van der Waals surface area (Å²) in [5.41, 5.74) is 0.703. The van der Waals surface area contributed by atoms with E-state index in [-0.39, 0.29) is 29.5 Å². The number of aromatic amines is 1. The van der Waals surface area contributed by atoms with Crippen LogP contribution in [0.4, 0.5) is 14.6 Å². The largest absolute Gasteiger partial charge is 0.494 e. The van der Waals surface area contributed by atoms with Crippen LogP contribution in [0.25, 0.3) is 11.1 Å². The van der Waals surface area contributed by atoms with E-state index in [0.29, 0.717) is 41.3 Å². The minimum atomic E-state index is -0.901. The molecule has 4 rings (SSSR count). The Kier molecular flexibility index (Phi) is 8.79. The van der Waals surface area contributed by atoms with Gasteiger partial charge in [0.25, 0.3) is 5.91 Å². The molecule has 1 amide bonds. The number of ether oxygens (including phenoxy) is 1. The number of benzene rings is 2. The second kappa shape index (κ2) is 12.1. The smallest absolute Gasteiger partial charge is 0.296 e. The van der Waals surface area contributed by atoms with Gasteiger partial charge in [0.1, 0.15) is 34.0 Å². The predicted molar refractivity (Wildman–Crippen MR) is 144 cm³/mol. The zero-order valence-electron chi connectivity index (χ0n) is 21.1. The maximum Gasteiger partial charge on any atom is 0.296 e. The van der Waals surface area contributed by atoms with Gasteiger partial charge in [0.15, 0.2) is 0 Å². The van der Waals surface area contributed by atoms with E-state index < -0.39 is 28.2 Å². The van der Waals surface area contributed by atoms with Crippen LogP contribution < -0.4 is 10.1 Å². The Labute approximate surface area is 233 Å². The number of pyridine rings is 1. The van der Waals surface area contributed by atoms with Gasteiger partial charge < -0.3 is 15.2 Å². The van der Waals surface area contributed by atoms with Crippen LogP contribution in [-0.2, 0) is 6.42 Å². The molecule has 0 aliphatic rings. The first-order valence-electron chi connectivity index (χ1n) is 12.0. The highest BCUT2D eigenvalue weighted by atomic mass is 35.5. The molecule has 0 unspecified atom stereocenters. The summed E-state index contributed by atoms with van der Waals surface area (Å²) in [7, 11) is 0. The number of aliphatic hydroxyl groups is 1. The SMILES string of the molecule is CC(C)(O)CCCOc1ccc(Cl)c(-c2ccnc(NC(=O)c3n[nH]c(Cc4ccc(F)c(Cl)c4F)n3)c2)c1. The van der Waals surface area contributed by atoms with Crippen molar-refractivity contribution < 1.29 is 23.4 Å². The van der Waals surface area contributed by atoms with Crippen LogP contribution >= 0.6 is 23.2 Å². The number of nitrogens with zero attached hydrogens (tertiary/aromatic N) is 3. The van der Waals surface area contributed by atoms with E-state index in [2.05, 4.69) is 25.5 Å². The average Bonchev–Trinajstić information content (AvgIpc) is 3.36. The predicted octanol–water partition coefficient (Wildman–Crippen LogP) is 6.22. The van der Waals surface area contributed by atoms with Gasteiger partial charge in [-0.25, -0.2) is 18.7 Å². The van der Waals surface area contributed by atoms with Crippen molar-refractivity contribution in [3.05, 3.63) is 87.6 Å². The lowest BCUT2D eigenvalue weighted by Gasteiger charge is -2.17. The molecule has 0 fully saturated rings. The van der Waals surface area contributed by atoms with Gasteiger partial charge in [-0.2, -0.15) is 0 Å². The Bertz CT molecular complexity index is 1490. The fourth-order valence-electron chi connectivity index (χ4n) is 3.71. The normalized spacial score (nSPS) is 11.5. The summed E-state index contributed by atoms with van der Waals surface area (Å²) in [6.45, 7) is 3.93. The Hall–Kier alpha value is -3.60. The van der Waals surface area contributed by atoms with Crippen LogP contribution in [0.5, 0.6) is 5.75 Å². The van der Waals surface area contributed by atoms with Crippen molar-refractivity contribution in [2.24, 2.45) is 0 Å². The number of hydrogen-bond acceptors (Lipinski definition) is 6. The molecule has 12 heteroatoms. The second-order valence-corrected chi connectivity index (χ2v) is 10.2. The van der Waals surface area contributed by atoms with E-state index >= 15 is 0 Å². The molecule has 0 spiro atoms. The van der Waals surface area contributed by atoms with Crippen LogP contribution in [0.15, 0.2) is 48.7 Å². The van der Waals surface area contributed by atoms with Crippen LogP contribution in [0, 0.1) is 11.6 Å². The Morgan fingerprint density at radius 2 is 1.95 bits per heavy atom. The van der Waals surface area contributed by atoms with E-state index in [4.69, 9.17) is 27.9 Å². The highest BCUT2D eigenvalue weighted by Gasteiger charge is 2.18. The van der Waals surface area contributed by atoms with Crippen LogP contribution in [0.2, 0.25) is 10.0 Å². The highest BCUT2D eigenvalue weighted by molar-refractivity contribution is 6.33. The molecule has 3 N–H and O–H groups in total. The zero-order chi connectivity index (χ0) is 28.2. The van der Waals surface area contributed by atoms with E-state index in [1.165, 1.54) is 12.3 Å². The van der Waals surface area contributed by atoms with E-state index in [1.54, 1.807) is 44.2 Å². The fourth-order valence-corrected chi connectivity index (χ4v) is 4.12. The van der Waals surface area contributed by atoms with Gasteiger partial charge >= 0.3 is 0 Å². The number of rotatable bonds is 10. The topological polar surface area (TPSA) is 113 Å². The van der Waals surface area contributed by atoms with Crippen molar-refractivity contribution in [1.82, 2.24) is 20.2 Å². The lowest BCUT2D eigenvalue weighted by Crippen LogP contribution is -2.19. The Morgan fingerprint density at radius 1 is 1.15 bits per heavy atom. The highest BCUT2D eigenvalue weighted by Crippen LogP contribution is 2.32. The number of amides is 1. The third kappa shape index (κ3) is 7.50. The molecule has 0 atom stereocenters. The second-order valence-electron chi connectivity index (χ2n) is 9.41. The molecule has 2 aromatic heterocycles. The standard InChI is InChI=1S/C27H25Cl2F2N5O3/c1-27(2,38)9-3-11-39-17-5-6-19(28)18(14-17)15-8-10-32-21(12-15)34-26(37)25-33-22(35-36-25)13-16-4-7-20(30)23(29)24(16)31/h4-8,10,12,14,38H,3,9,11,13H2,1-2H3,(H,32,34,37)(H,33,35,36). The first kappa shape index (κ1) is 28.4. The lowest BCUT2D eigenvalue weighted by molar-refractivity contribution is 0.0641. The van der Waals surface area contributed by atoms with Crippen molar-refractivity contribution in [3.63, 3.8) is 0 Å². The molecule has 0 aliphatic carbocycles. The van der Waals surface area contributed by atoms with Crippen LogP contribution in [-0.4, -0.2) is 43.4 Å². The first-order chi connectivity index (χ1) is 18.5. The minimum Gasteiger partial charge on any atom is -0.494 e. The first-order valence-corrected chi connectivity index (χ1v) is 12.7. The molecule has 0 saturated carbocycles. The van der Waals surface area contributed by atoms with Gasteiger partial charge in [0, 0.05) is 23.2 Å². The number of aromatic nitrogens is 4. The molecule has 39 heavy (non-hydrogen) atoms. The minimum absolute atomic E-state index is 0.0749. The number of hydrogen-bond donors (Lipinski definition) is 3. The molecule has 8 nitrogen and oxygen atoms in total. The van der Waals surface area contributed by atoms with Gasteiger partial charge in [-0.3, -0.25) is 9.89 Å². The van der Waals surface area contributed by atoms with Crippen molar-refractivity contribution in [3.8, 4) is 16.9 Å². The summed E-state index contributed by atoms with van der Waals surface area (Å²) < 4.78 is 33.4. The number of H-pyrrole nitrogens is 1. The van der Waals surface area contributed by atoms with E-state index in [0.717, 1.165) is 6.07 Å². The number of carbonyl (C=O) groups excluding carboxylic acids is 1. The zero-order valence-corrected chi connectivity index (χ0v) is 22.6. The molecule has 0 bridgehead atoms. The third-order valence-corrected chi connectivity index (χ3v) is 6.34.